The van der Waals surface area contributed by atoms with Gasteiger partial charge in [-0.1, -0.05) is 0 Å². The highest BCUT2D eigenvalue weighted by Crippen LogP contribution is 2.10. The average molecular weight is 232 g/mol. The molecule has 5 heteroatoms. The van der Waals surface area contributed by atoms with E-state index in [1.165, 1.54) is 5.41 Å². The van der Waals surface area contributed by atoms with Crippen LogP contribution in [0.15, 0.2) is 11.1 Å². The molecule has 1 fully saturated rings. The van der Waals surface area contributed by atoms with Crippen LogP contribution in [0.4, 0.5) is 0 Å². The minimum atomic E-state index is -3.07. The highest BCUT2D eigenvalue weighted by atomic mass is 32.2. The fourth-order valence-electron chi connectivity index (χ4n) is 1.47. The molecule has 0 amide bonds. The quantitative estimate of drug-likeness (QED) is 0.773. The van der Waals surface area contributed by atoms with Crippen LogP contribution in [-0.2, 0) is 9.84 Å². The van der Waals surface area contributed by atoms with Crippen molar-refractivity contribution in [1.82, 2.24) is 10.2 Å². The molecule has 1 aliphatic rings. The number of hydrogen-bond acceptors (Lipinski definition) is 4. The molecule has 0 bridgehead atoms. The second-order valence-electron chi connectivity index (χ2n) is 4.13. The lowest BCUT2D eigenvalue weighted by Gasteiger charge is -2.30. The third-order valence-corrected chi connectivity index (χ3v) is 4.59. The Balaban J connectivity index is 2.74. The van der Waals surface area contributed by atoms with E-state index in [2.05, 4.69) is 10.2 Å². The molecular formula is C10H20N2O2S. The summed E-state index contributed by atoms with van der Waals surface area (Å²) in [7, 11) is -3.07. The van der Waals surface area contributed by atoms with Gasteiger partial charge in [-0.25, -0.2) is 8.42 Å². The smallest absolute Gasteiger partial charge is 0.175 e. The van der Waals surface area contributed by atoms with Gasteiger partial charge < -0.3 is 10.2 Å². The molecule has 0 aromatic carbocycles. The maximum atomic E-state index is 11.7. The normalized spacial score (nSPS) is 19.7. The summed E-state index contributed by atoms with van der Waals surface area (Å²) >= 11 is 0. The second kappa shape index (κ2) is 4.99. The molecular weight excluding hydrogens is 212 g/mol. The van der Waals surface area contributed by atoms with E-state index in [4.69, 9.17) is 0 Å². The van der Waals surface area contributed by atoms with E-state index < -0.39 is 9.84 Å². The van der Waals surface area contributed by atoms with E-state index in [-0.39, 0.29) is 5.25 Å². The zero-order chi connectivity index (χ0) is 11.5. The van der Waals surface area contributed by atoms with Crippen molar-refractivity contribution in [2.45, 2.75) is 26.0 Å². The van der Waals surface area contributed by atoms with Gasteiger partial charge >= 0.3 is 0 Å². The molecule has 0 aliphatic carbocycles. The predicted molar refractivity (Wildman–Crippen MR) is 62.3 cm³/mol. The van der Waals surface area contributed by atoms with Crippen LogP contribution in [0.2, 0.25) is 0 Å². The maximum Gasteiger partial charge on any atom is 0.175 e. The van der Waals surface area contributed by atoms with Crippen molar-refractivity contribution < 1.29 is 8.42 Å². The minimum Gasteiger partial charge on any atom is -0.372 e. The standard InChI is InChI=1S/C10H20N2O2S/c1-9(2)15(13,14)8-10(3)12-6-4-11-5-7-12/h8-9,11H,4-7H2,1-3H3/b10-8+. The highest BCUT2D eigenvalue weighted by molar-refractivity contribution is 7.94. The molecule has 4 nitrogen and oxygen atoms in total. The Labute approximate surface area is 92.3 Å². The molecule has 1 saturated heterocycles. The molecule has 0 radical (unpaired) electrons. The number of allylic oxidation sites excluding steroid dienone is 1. The number of hydrogen-bond donors (Lipinski definition) is 1. The number of nitrogens with zero attached hydrogens (tertiary/aromatic N) is 1. The van der Waals surface area contributed by atoms with Crippen LogP contribution in [0.5, 0.6) is 0 Å². The minimum absolute atomic E-state index is 0.338. The van der Waals surface area contributed by atoms with E-state index in [1.54, 1.807) is 13.8 Å². The Hall–Kier alpha value is -0.550. The van der Waals surface area contributed by atoms with Gasteiger partial charge in [-0.05, 0) is 20.8 Å². The van der Waals surface area contributed by atoms with E-state index >= 15 is 0 Å². The van der Waals surface area contributed by atoms with Gasteiger partial charge in [0, 0.05) is 37.3 Å². The summed E-state index contributed by atoms with van der Waals surface area (Å²) in [5.74, 6) is 0. The third-order valence-electron chi connectivity index (χ3n) is 2.61. The molecule has 0 saturated carbocycles. The number of rotatable bonds is 3. The molecule has 0 spiro atoms. The first-order valence-electron chi connectivity index (χ1n) is 5.31. The van der Waals surface area contributed by atoms with Gasteiger partial charge in [-0.2, -0.15) is 0 Å². The topological polar surface area (TPSA) is 49.4 Å². The van der Waals surface area contributed by atoms with Crippen LogP contribution in [-0.4, -0.2) is 44.7 Å². The van der Waals surface area contributed by atoms with Crippen molar-refractivity contribution in [3.05, 3.63) is 11.1 Å². The fraction of sp³-hybridized carbons (Fsp3) is 0.800. The Bertz CT molecular complexity index is 327. The molecule has 1 heterocycles. The Kier molecular flexibility index (Phi) is 4.16. The van der Waals surface area contributed by atoms with Crippen LogP contribution >= 0.6 is 0 Å². The molecule has 15 heavy (non-hydrogen) atoms. The molecule has 1 aliphatic heterocycles. The van der Waals surface area contributed by atoms with Gasteiger partial charge in [0.05, 0.1) is 5.25 Å². The lowest BCUT2D eigenvalue weighted by Crippen LogP contribution is -2.42. The summed E-state index contributed by atoms with van der Waals surface area (Å²) in [6.07, 6.45) is 0. The van der Waals surface area contributed by atoms with Gasteiger partial charge in [-0.3, -0.25) is 0 Å². The van der Waals surface area contributed by atoms with E-state index in [9.17, 15) is 8.42 Å². The highest BCUT2D eigenvalue weighted by Gasteiger charge is 2.16. The van der Waals surface area contributed by atoms with Crippen LogP contribution in [0.3, 0.4) is 0 Å². The fourth-order valence-corrected chi connectivity index (χ4v) is 2.36. The first-order chi connectivity index (χ1) is 6.93. The lowest BCUT2D eigenvalue weighted by molar-refractivity contribution is 0.300. The van der Waals surface area contributed by atoms with E-state index in [1.807, 2.05) is 6.92 Å². The number of piperazine rings is 1. The van der Waals surface area contributed by atoms with Crippen molar-refractivity contribution in [2.24, 2.45) is 0 Å². The van der Waals surface area contributed by atoms with Crippen LogP contribution in [0.1, 0.15) is 20.8 Å². The number of nitrogens with one attached hydrogen (secondary N) is 1. The predicted octanol–water partition coefficient (Wildman–Crippen LogP) is 0.576. The van der Waals surface area contributed by atoms with Crippen molar-refractivity contribution in [1.29, 1.82) is 0 Å². The van der Waals surface area contributed by atoms with Gasteiger partial charge in [-0.15, -0.1) is 0 Å². The Morgan fingerprint density at radius 3 is 2.33 bits per heavy atom. The summed E-state index contributed by atoms with van der Waals surface area (Å²) in [6, 6.07) is 0. The summed E-state index contributed by atoms with van der Waals surface area (Å²) in [5.41, 5.74) is 0.852. The van der Waals surface area contributed by atoms with Gasteiger partial charge in [0.15, 0.2) is 9.84 Å². The number of sulfone groups is 1. The average Bonchev–Trinajstić information content (AvgIpc) is 2.18. The molecule has 0 aromatic rings. The largest absolute Gasteiger partial charge is 0.372 e. The molecule has 0 aromatic heterocycles. The molecule has 88 valence electrons. The Morgan fingerprint density at radius 1 is 1.33 bits per heavy atom. The van der Waals surface area contributed by atoms with Crippen molar-refractivity contribution in [3.63, 3.8) is 0 Å². The lowest BCUT2D eigenvalue weighted by atomic mass is 10.3. The first kappa shape index (κ1) is 12.5. The monoisotopic (exact) mass is 232 g/mol. The van der Waals surface area contributed by atoms with Crippen molar-refractivity contribution >= 4 is 9.84 Å². The van der Waals surface area contributed by atoms with Crippen molar-refractivity contribution in [2.75, 3.05) is 26.2 Å². The van der Waals surface area contributed by atoms with Gasteiger partial charge in [0.25, 0.3) is 0 Å². The van der Waals surface area contributed by atoms with Crippen LogP contribution in [0.25, 0.3) is 0 Å². The molecule has 0 atom stereocenters. The summed E-state index contributed by atoms with van der Waals surface area (Å²) in [4.78, 5) is 2.11. The molecule has 1 N–H and O–H groups in total. The van der Waals surface area contributed by atoms with E-state index in [0.29, 0.717) is 0 Å². The van der Waals surface area contributed by atoms with Crippen LogP contribution in [0, 0.1) is 0 Å². The summed E-state index contributed by atoms with van der Waals surface area (Å²) < 4.78 is 23.3. The molecule has 1 rings (SSSR count). The van der Waals surface area contributed by atoms with Gasteiger partial charge in [0.1, 0.15) is 0 Å². The molecule has 0 unspecified atom stereocenters. The second-order valence-corrected chi connectivity index (χ2v) is 6.49. The zero-order valence-electron chi connectivity index (χ0n) is 9.66. The maximum absolute atomic E-state index is 11.7. The third kappa shape index (κ3) is 3.50. The zero-order valence-corrected chi connectivity index (χ0v) is 10.5. The summed E-state index contributed by atoms with van der Waals surface area (Å²) in [5, 5.41) is 4.30. The summed E-state index contributed by atoms with van der Waals surface area (Å²) in [6.45, 7) is 8.89. The Morgan fingerprint density at radius 2 is 1.87 bits per heavy atom. The van der Waals surface area contributed by atoms with Gasteiger partial charge in [0.2, 0.25) is 0 Å². The van der Waals surface area contributed by atoms with Crippen LogP contribution < -0.4 is 5.32 Å². The first-order valence-corrected chi connectivity index (χ1v) is 6.92. The van der Waals surface area contributed by atoms with E-state index in [0.717, 1.165) is 31.9 Å². The SMILES string of the molecule is C/C(=C\S(=O)(=O)C(C)C)N1CCNCC1. The van der Waals surface area contributed by atoms with Crippen molar-refractivity contribution in [3.8, 4) is 0 Å².